The normalized spacial score (nSPS) is 36.5. The maximum absolute atomic E-state index is 12.9. The van der Waals surface area contributed by atoms with Crippen LogP contribution in [0, 0.1) is 29.1 Å². The Labute approximate surface area is 137 Å². The smallest absolute Gasteiger partial charge is 0.238 e. The van der Waals surface area contributed by atoms with Crippen molar-refractivity contribution in [3.05, 3.63) is 40.4 Å². The van der Waals surface area contributed by atoms with E-state index in [9.17, 15) is 9.59 Å². The molecule has 0 aromatic heterocycles. The van der Waals surface area contributed by atoms with Crippen molar-refractivity contribution >= 4 is 40.7 Å². The number of carbonyl (C=O) groups excluding carboxylic acids is 2. The molecule has 1 aliphatic heterocycles. The average Bonchev–Trinajstić information content (AvgIpc) is 3.07. The van der Waals surface area contributed by atoms with Gasteiger partial charge in [-0.2, -0.15) is 0 Å². The minimum absolute atomic E-state index is 0.0950. The van der Waals surface area contributed by atoms with Gasteiger partial charge < -0.3 is 0 Å². The van der Waals surface area contributed by atoms with Crippen molar-refractivity contribution in [3.63, 3.8) is 0 Å². The molecule has 1 aromatic carbocycles. The molecule has 3 fully saturated rings. The fraction of sp³-hybridized carbons (Fsp3) is 0.412. The van der Waals surface area contributed by atoms with E-state index >= 15 is 0 Å². The summed E-state index contributed by atoms with van der Waals surface area (Å²) >= 11 is 12.1. The van der Waals surface area contributed by atoms with Crippen LogP contribution in [0.4, 0.5) is 5.69 Å². The Morgan fingerprint density at radius 2 is 1.59 bits per heavy atom. The topological polar surface area (TPSA) is 37.4 Å². The van der Waals surface area contributed by atoms with E-state index in [0.29, 0.717) is 15.7 Å². The number of nitrogens with zero attached hydrogens (tertiary/aromatic N) is 1. The van der Waals surface area contributed by atoms with Crippen molar-refractivity contribution in [2.45, 2.75) is 12.8 Å². The molecule has 5 rings (SSSR count). The third kappa shape index (κ3) is 1.35. The van der Waals surface area contributed by atoms with Crippen molar-refractivity contribution in [1.82, 2.24) is 0 Å². The summed E-state index contributed by atoms with van der Waals surface area (Å²) in [6.45, 7) is 0. The van der Waals surface area contributed by atoms with Crippen LogP contribution >= 0.6 is 23.2 Å². The van der Waals surface area contributed by atoms with Crippen molar-refractivity contribution in [2.75, 3.05) is 4.90 Å². The summed E-state index contributed by atoms with van der Waals surface area (Å²) in [6.07, 6.45) is 6.61. The highest BCUT2D eigenvalue weighted by Crippen LogP contribution is 2.73. The highest BCUT2D eigenvalue weighted by Gasteiger charge is 2.73. The van der Waals surface area contributed by atoms with Crippen LogP contribution in [0.25, 0.3) is 0 Å². The minimum atomic E-state index is -0.197. The second-order valence-corrected chi connectivity index (χ2v) is 7.67. The molecule has 1 heterocycles. The predicted molar refractivity (Wildman–Crippen MR) is 83.7 cm³/mol. The van der Waals surface area contributed by atoms with Gasteiger partial charge in [0, 0.05) is 5.02 Å². The summed E-state index contributed by atoms with van der Waals surface area (Å²) in [4.78, 5) is 27.1. The first kappa shape index (κ1) is 13.1. The number of imide groups is 1. The molecule has 112 valence electrons. The molecule has 4 aliphatic rings. The summed E-state index contributed by atoms with van der Waals surface area (Å²) < 4.78 is 0. The number of hydrogen-bond acceptors (Lipinski definition) is 2. The lowest BCUT2D eigenvalue weighted by Crippen LogP contribution is -2.34. The molecular weight excluding hydrogens is 321 g/mol. The zero-order valence-electron chi connectivity index (χ0n) is 11.6. The molecule has 4 atom stereocenters. The SMILES string of the molecule is O=C1[C@H]2[C@H](C(=O)N1c1ccc(Cl)cc1Cl)[C@H]1C=C[C@H]2C12CC2. The zero-order chi connectivity index (χ0) is 15.2. The summed E-state index contributed by atoms with van der Waals surface area (Å²) in [5, 5.41) is 0.835. The van der Waals surface area contributed by atoms with Gasteiger partial charge in [0.25, 0.3) is 0 Å². The van der Waals surface area contributed by atoms with Crippen LogP contribution in [-0.2, 0) is 9.59 Å². The Kier molecular flexibility index (Phi) is 2.36. The van der Waals surface area contributed by atoms with Gasteiger partial charge in [0.15, 0.2) is 0 Å². The number of benzene rings is 1. The second kappa shape index (κ2) is 3.95. The van der Waals surface area contributed by atoms with Crippen molar-refractivity contribution in [2.24, 2.45) is 29.1 Å². The van der Waals surface area contributed by atoms with Crippen molar-refractivity contribution in [1.29, 1.82) is 0 Å². The summed E-state index contributed by atoms with van der Waals surface area (Å²) in [5.41, 5.74) is 0.677. The number of allylic oxidation sites excluding steroid dienone is 2. The lowest BCUT2D eigenvalue weighted by molar-refractivity contribution is -0.123. The standard InChI is InChI=1S/C17H13Cl2NO2/c18-8-1-4-12(11(19)7-8)20-15(21)13-9-2-3-10(14(13)16(20)22)17(9)5-6-17/h1-4,7,9-10,13-14H,5-6H2/t9-,10-,13-,14-/m1/s1. The molecule has 2 amide bonds. The van der Waals surface area contributed by atoms with Crippen molar-refractivity contribution in [3.8, 4) is 0 Å². The van der Waals surface area contributed by atoms with E-state index in [-0.39, 0.29) is 40.9 Å². The van der Waals surface area contributed by atoms with Gasteiger partial charge in [0.05, 0.1) is 22.5 Å². The number of halogens is 2. The lowest BCUT2D eigenvalue weighted by atomic mass is 9.85. The maximum atomic E-state index is 12.9. The highest BCUT2D eigenvalue weighted by molar-refractivity contribution is 6.38. The quantitative estimate of drug-likeness (QED) is 0.580. The van der Waals surface area contributed by atoms with Gasteiger partial charge in [-0.25, -0.2) is 4.90 Å². The number of fused-ring (bicyclic) bond motifs is 3. The number of amides is 2. The van der Waals surface area contributed by atoms with Crippen LogP contribution in [0.5, 0.6) is 0 Å². The molecule has 3 aliphatic carbocycles. The largest absolute Gasteiger partial charge is 0.274 e. The lowest BCUT2D eigenvalue weighted by Gasteiger charge is -2.22. The molecule has 2 bridgehead atoms. The van der Waals surface area contributed by atoms with Gasteiger partial charge >= 0.3 is 0 Å². The first-order valence-corrected chi connectivity index (χ1v) is 8.31. The Morgan fingerprint density at radius 3 is 2.09 bits per heavy atom. The van der Waals surface area contributed by atoms with Crippen LogP contribution < -0.4 is 4.90 Å². The van der Waals surface area contributed by atoms with Gasteiger partial charge in [-0.05, 0) is 48.3 Å². The average molecular weight is 334 g/mol. The van der Waals surface area contributed by atoms with Crippen LogP contribution in [0.3, 0.4) is 0 Å². The Balaban J connectivity index is 1.59. The van der Waals surface area contributed by atoms with E-state index in [2.05, 4.69) is 12.2 Å². The van der Waals surface area contributed by atoms with E-state index in [0.717, 1.165) is 12.8 Å². The highest BCUT2D eigenvalue weighted by atomic mass is 35.5. The Bertz CT molecular complexity index is 734. The van der Waals surface area contributed by atoms with E-state index < -0.39 is 0 Å². The number of anilines is 1. The molecule has 0 radical (unpaired) electrons. The Morgan fingerprint density at radius 1 is 1.00 bits per heavy atom. The van der Waals surface area contributed by atoms with Gasteiger partial charge in [0.2, 0.25) is 11.8 Å². The minimum Gasteiger partial charge on any atom is -0.274 e. The van der Waals surface area contributed by atoms with Gasteiger partial charge in [-0.3, -0.25) is 9.59 Å². The van der Waals surface area contributed by atoms with E-state index in [1.807, 2.05) is 0 Å². The molecule has 1 spiro atoms. The molecule has 5 heteroatoms. The van der Waals surface area contributed by atoms with Crippen molar-refractivity contribution < 1.29 is 9.59 Å². The van der Waals surface area contributed by atoms with E-state index in [1.54, 1.807) is 18.2 Å². The monoisotopic (exact) mass is 333 g/mol. The third-order valence-electron chi connectivity index (χ3n) is 6.00. The first-order valence-electron chi connectivity index (χ1n) is 7.56. The molecule has 0 N–H and O–H groups in total. The molecule has 22 heavy (non-hydrogen) atoms. The summed E-state index contributed by atoms with van der Waals surface area (Å²) in [6, 6.07) is 4.89. The molecule has 3 nitrogen and oxygen atoms in total. The number of carbonyl (C=O) groups is 2. The summed E-state index contributed by atoms with van der Waals surface area (Å²) in [5.74, 6) is -0.122. The zero-order valence-corrected chi connectivity index (χ0v) is 13.1. The van der Waals surface area contributed by atoms with Crippen LogP contribution in [-0.4, -0.2) is 11.8 Å². The van der Waals surface area contributed by atoms with Crippen LogP contribution in [0.1, 0.15) is 12.8 Å². The van der Waals surface area contributed by atoms with Gasteiger partial charge in [0.1, 0.15) is 0 Å². The first-order chi connectivity index (χ1) is 10.5. The Hall–Kier alpha value is -1.32. The molecule has 1 aromatic rings. The molecule has 2 saturated carbocycles. The maximum Gasteiger partial charge on any atom is 0.238 e. The van der Waals surface area contributed by atoms with Crippen LogP contribution in [0.15, 0.2) is 30.4 Å². The molecule has 0 unspecified atom stereocenters. The second-order valence-electron chi connectivity index (χ2n) is 6.83. The van der Waals surface area contributed by atoms with Gasteiger partial charge in [-0.15, -0.1) is 0 Å². The van der Waals surface area contributed by atoms with E-state index in [1.165, 1.54) is 4.90 Å². The predicted octanol–water partition coefficient (Wildman–Crippen LogP) is 3.70. The fourth-order valence-electron chi connectivity index (χ4n) is 4.98. The fourth-order valence-corrected chi connectivity index (χ4v) is 5.47. The third-order valence-corrected chi connectivity index (χ3v) is 6.54. The van der Waals surface area contributed by atoms with Gasteiger partial charge in [-0.1, -0.05) is 35.4 Å². The molecule has 1 saturated heterocycles. The summed E-state index contributed by atoms with van der Waals surface area (Å²) in [7, 11) is 0. The van der Waals surface area contributed by atoms with E-state index in [4.69, 9.17) is 23.2 Å². The number of rotatable bonds is 1. The van der Waals surface area contributed by atoms with Crippen LogP contribution in [0.2, 0.25) is 10.0 Å². The number of hydrogen-bond donors (Lipinski definition) is 0. The molecular formula is C17H13Cl2NO2.